The van der Waals surface area contributed by atoms with Crippen molar-refractivity contribution >= 4 is 11.6 Å². The van der Waals surface area contributed by atoms with Gasteiger partial charge in [-0.1, -0.05) is 12.0 Å². The van der Waals surface area contributed by atoms with Gasteiger partial charge in [0.25, 0.3) is 0 Å². The second kappa shape index (κ2) is 8.45. The van der Waals surface area contributed by atoms with Crippen LogP contribution in [0.2, 0.25) is 0 Å². The van der Waals surface area contributed by atoms with E-state index in [9.17, 15) is 9.18 Å². The lowest BCUT2D eigenvalue weighted by atomic mass is 10.2. The minimum Gasteiger partial charge on any atom is -0.346 e. The second-order valence-corrected chi connectivity index (χ2v) is 5.59. The normalized spacial score (nSPS) is 11.7. The maximum Gasteiger partial charge on any atom is 0.240 e. The number of rotatable bonds is 5. The lowest BCUT2D eigenvalue weighted by molar-refractivity contribution is -0.190. The molecule has 1 N–H and O–H groups in total. The van der Waals surface area contributed by atoms with Crippen molar-refractivity contribution in [3.8, 4) is 11.8 Å². The molecule has 0 saturated heterocycles. The van der Waals surface area contributed by atoms with Crippen LogP contribution in [0.4, 0.5) is 4.39 Å². The average Bonchev–Trinajstić information content (AvgIpc) is 3.03. The number of carbonyl (C=O) groups excluding carboxylic acids is 1. The van der Waals surface area contributed by atoms with Crippen LogP contribution in [0, 0.1) is 17.7 Å². The largest absolute Gasteiger partial charge is 0.346 e. The number of imidazole rings is 1. The first kappa shape index (κ1) is 18.6. The topological polar surface area (TPSA) is 64.9 Å². The monoisotopic (exact) mass is 367 g/mol. The molecule has 3 aromatic rings. The van der Waals surface area contributed by atoms with Crippen LogP contribution in [-0.2, 0) is 14.4 Å². The summed E-state index contributed by atoms with van der Waals surface area (Å²) in [5.74, 6) is 5.36. The van der Waals surface area contributed by atoms with Crippen molar-refractivity contribution in [3.05, 3.63) is 71.4 Å². The van der Waals surface area contributed by atoms with Gasteiger partial charge in [-0.05, 0) is 49.2 Å². The Morgan fingerprint density at radius 1 is 1.26 bits per heavy atom. The molecule has 1 atom stereocenters. The van der Waals surface area contributed by atoms with Crippen LogP contribution in [-0.4, -0.2) is 21.9 Å². The van der Waals surface area contributed by atoms with Gasteiger partial charge in [0.2, 0.25) is 12.2 Å². The Balaban J connectivity index is 2.05. The first-order valence-electron chi connectivity index (χ1n) is 8.37. The number of hydrogen-bond acceptors (Lipinski definition) is 4. The van der Waals surface area contributed by atoms with Gasteiger partial charge in [0.15, 0.2) is 0 Å². The lowest BCUT2D eigenvalue weighted by Gasteiger charge is -2.15. The minimum absolute atomic E-state index is 0.323. The average molecular weight is 367 g/mol. The fourth-order valence-corrected chi connectivity index (χ4v) is 2.42. The number of halogens is 1. The summed E-state index contributed by atoms with van der Waals surface area (Å²) in [4.78, 5) is 21.1. The van der Waals surface area contributed by atoms with E-state index in [4.69, 9.17) is 9.57 Å². The molecule has 0 aliphatic heterocycles. The summed E-state index contributed by atoms with van der Waals surface area (Å²) >= 11 is 0. The molecular weight excluding hydrogens is 349 g/mol. The van der Waals surface area contributed by atoms with Crippen molar-refractivity contribution in [1.29, 1.82) is 0 Å². The molecule has 2 heterocycles. The fraction of sp³-hybridized carbons (Fsp3) is 0.200. The molecule has 0 fully saturated rings. The van der Waals surface area contributed by atoms with E-state index in [0.29, 0.717) is 29.2 Å². The summed E-state index contributed by atoms with van der Waals surface area (Å²) in [5.41, 5.74) is 4.58. The molecule has 27 heavy (non-hydrogen) atoms. The number of carbonyl (C=O) groups is 1. The molecule has 3 rings (SSSR count). The Bertz CT molecular complexity index is 1000. The van der Waals surface area contributed by atoms with Gasteiger partial charge >= 0.3 is 0 Å². The molecule has 1 amide bonds. The van der Waals surface area contributed by atoms with Gasteiger partial charge in [-0.15, -0.1) is 0 Å². The summed E-state index contributed by atoms with van der Waals surface area (Å²) in [7, 11) is 0. The number of aromatic nitrogens is 2. The van der Waals surface area contributed by atoms with Crippen molar-refractivity contribution < 1.29 is 18.8 Å². The molecule has 6 nitrogen and oxygen atoms in total. The van der Waals surface area contributed by atoms with Crippen LogP contribution < -0.4 is 5.48 Å². The third kappa shape index (κ3) is 4.50. The number of benzene rings is 1. The lowest BCUT2D eigenvalue weighted by Crippen LogP contribution is -2.25. The van der Waals surface area contributed by atoms with E-state index in [1.165, 1.54) is 19.1 Å². The van der Waals surface area contributed by atoms with Crippen molar-refractivity contribution in [2.24, 2.45) is 0 Å². The fourth-order valence-electron chi connectivity index (χ4n) is 2.42. The number of fused-ring (bicyclic) bond motifs is 1. The Morgan fingerprint density at radius 3 is 2.74 bits per heavy atom. The minimum atomic E-state index is -0.920. The first-order valence-corrected chi connectivity index (χ1v) is 8.37. The van der Waals surface area contributed by atoms with E-state index in [1.54, 1.807) is 16.5 Å². The molecule has 0 spiro atoms. The number of ether oxygens (including phenoxy) is 1. The van der Waals surface area contributed by atoms with Crippen LogP contribution in [0.3, 0.4) is 0 Å². The number of hydroxylamine groups is 1. The second-order valence-electron chi connectivity index (χ2n) is 5.59. The van der Waals surface area contributed by atoms with E-state index in [-0.39, 0.29) is 11.7 Å². The predicted octanol–water partition coefficient (Wildman–Crippen LogP) is 2.98. The van der Waals surface area contributed by atoms with Gasteiger partial charge < -0.3 is 4.74 Å². The number of nitrogens with zero attached hydrogens (tertiary/aromatic N) is 2. The maximum absolute atomic E-state index is 13.1. The zero-order chi connectivity index (χ0) is 19.2. The van der Waals surface area contributed by atoms with Crippen molar-refractivity contribution in [2.75, 3.05) is 6.61 Å². The molecule has 2 aromatic heterocycles. The van der Waals surface area contributed by atoms with Gasteiger partial charge in [0.1, 0.15) is 22.9 Å². The zero-order valence-electron chi connectivity index (χ0n) is 14.9. The maximum atomic E-state index is 13.1. The smallest absolute Gasteiger partial charge is 0.240 e. The van der Waals surface area contributed by atoms with Gasteiger partial charge in [0, 0.05) is 25.3 Å². The molecule has 0 bridgehead atoms. The summed E-state index contributed by atoms with van der Waals surface area (Å²) in [6, 6.07) is 11.4. The molecule has 0 aliphatic carbocycles. The van der Waals surface area contributed by atoms with E-state index < -0.39 is 6.29 Å². The van der Waals surface area contributed by atoms with E-state index in [0.717, 1.165) is 0 Å². The summed E-state index contributed by atoms with van der Waals surface area (Å²) in [6.45, 7) is 3.49. The van der Waals surface area contributed by atoms with Crippen LogP contribution in [0.5, 0.6) is 0 Å². The van der Waals surface area contributed by atoms with E-state index in [2.05, 4.69) is 22.3 Å². The van der Waals surface area contributed by atoms with Crippen LogP contribution in [0.1, 0.15) is 37.1 Å². The van der Waals surface area contributed by atoms with Crippen LogP contribution >= 0.6 is 0 Å². The molecule has 1 unspecified atom stereocenters. The summed E-state index contributed by atoms with van der Waals surface area (Å²) in [6.07, 6.45) is 0.901. The van der Waals surface area contributed by atoms with Gasteiger partial charge in [-0.2, -0.15) is 0 Å². The van der Waals surface area contributed by atoms with Crippen molar-refractivity contribution in [1.82, 2.24) is 14.9 Å². The van der Waals surface area contributed by atoms with Crippen molar-refractivity contribution in [3.63, 3.8) is 0 Å². The van der Waals surface area contributed by atoms with E-state index >= 15 is 0 Å². The van der Waals surface area contributed by atoms with E-state index in [1.807, 2.05) is 31.3 Å². The quantitative estimate of drug-likeness (QED) is 0.428. The van der Waals surface area contributed by atoms with Gasteiger partial charge in [-0.3, -0.25) is 9.20 Å². The Hall–Kier alpha value is -3.21. The summed E-state index contributed by atoms with van der Waals surface area (Å²) < 4.78 is 20.5. The molecule has 0 aliphatic rings. The highest BCUT2D eigenvalue weighted by Gasteiger charge is 2.22. The van der Waals surface area contributed by atoms with Gasteiger partial charge in [0.05, 0.1) is 0 Å². The highest BCUT2D eigenvalue weighted by molar-refractivity contribution is 5.71. The van der Waals surface area contributed by atoms with Crippen molar-refractivity contribution in [2.45, 2.75) is 20.1 Å². The number of amides is 1. The zero-order valence-corrected chi connectivity index (χ0v) is 14.9. The summed E-state index contributed by atoms with van der Waals surface area (Å²) in [5, 5.41) is 0. The SMILES string of the molecule is CCOC(ONC(C)=O)c1nc2ccccn2c1C#Cc1ccc(F)cc1. The van der Waals surface area contributed by atoms with Crippen LogP contribution in [0.15, 0.2) is 48.7 Å². The third-order valence-electron chi connectivity index (χ3n) is 3.58. The molecule has 7 heteroatoms. The Morgan fingerprint density at radius 2 is 2.04 bits per heavy atom. The first-order chi connectivity index (χ1) is 13.1. The number of nitrogens with one attached hydrogen (secondary N) is 1. The molecule has 0 saturated carbocycles. The Kier molecular flexibility index (Phi) is 5.81. The molecule has 138 valence electrons. The standard InChI is InChI=1S/C20H18FN3O3/c1-3-26-20(27-23-14(2)25)19-17(24-13-5-4-6-18(24)22-19)12-9-15-7-10-16(21)11-8-15/h4-8,10-11,13,20H,3H2,1-2H3,(H,23,25). The molecular formula is C20H18FN3O3. The van der Waals surface area contributed by atoms with Gasteiger partial charge in [-0.25, -0.2) is 19.7 Å². The highest BCUT2D eigenvalue weighted by atomic mass is 19.1. The third-order valence-corrected chi connectivity index (χ3v) is 3.58. The molecule has 1 aromatic carbocycles. The number of pyridine rings is 1. The van der Waals surface area contributed by atoms with Crippen LogP contribution in [0.25, 0.3) is 5.65 Å². The highest BCUT2D eigenvalue weighted by Crippen LogP contribution is 2.23. The molecule has 0 radical (unpaired) electrons. The Labute approximate surface area is 155 Å². The number of hydrogen-bond donors (Lipinski definition) is 1. The predicted molar refractivity (Wildman–Crippen MR) is 96.8 cm³/mol.